The van der Waals surface area contributed by atoms with E-state index in [4.69, 9.17) is 14.2 Å². The summed E-state index contributed by atoms with van der Waals surface area (Å²) in [5.74, 6) is 0.495. The molecule has 1 atom stereocenters. The SMILES string of the molecule is CCOC(=O)C1=C(CC)NC(=O)NC1c1cccc(OC)c1OCc1ccccc1. The average molecular weight is 410 g/mol. The van der Waals surface area contributed by atoms with Gasteiger partial charge in [-0.3, -0.25) is 0 Å². The van der Waals surface area contributed by atoms with E-state index in [1.807, 2.05) is 43.3 Å². The van der Waals surface area contributed by atoms with E-state index in [9.17, 15) is 9.59 Å². The van der Waals surface area contributed by atoms with Gasteiger partial charge in [0.15, 0.2) is 11.5 Å². The second-order valence-electron chi connectivity index (χ2n) is 6.65. The van der Waals surface area contributed by atoms with Gasteiger partial charge in [0.1, 0.15) is 6.61 Å². The molecule has 1 unspecified atom stereocenters. The molecule has 0 saturated carbocycles. The number of ether oxygens (including phenoxy) is 3. The van der Waals surface area contributed by atoms with Gasteiger partial charge in [-0.15, -0.1) is 0 Å². The molecule has 0 aliphatic carbocycles. The van der Waals surface area contributed by atoms with Crippen molar-refractivity contribution in [1.29, 1.82) is 0 Å². The lowest BCUT2D eigenvalue weighted by atomic mass is 9.93. The molecule has 158 valence electrons. The first-order valence-electron chi connectivity index (χ1n) is 9.90. The molecule has 2 aromatic carbocycles. The Balaban J connectivity index is 2.05. The second-order valence-corrected chi connectivity index (χ2v) is 6.65. The molecule has 0 fully saturated rings. The number of nitrogens with one attached hydrogen (secondary N) is 2. The standard InChI is InChI=1S/C23H26N2O5/c1-4-17-19(22(26)29-5-2)20(25-23(27)24-17)16-12-9-13-18(28-3)21(16)30-14-15-10-7-6-8-11-15/h6-13,20H,4-5,14H2,1-3H3,(H2,24,25,27). The largest absolute Gasteiger partial charge is 0.493 e. The molecule has 0 spiro atoms. The van der Waals surface area contributed by atoms with Crippen molar-refractivity contribution >= 4 is 12.0 Å². The van der Waals surface area contributed by atoms with E-state index in [-0.39, 0.29) is 12.6 Å². The fourth-order valence-electron chi connectivity index (χ4n) is 3.39. The van der Waals surface area contributed by atoms with Gasteiger partial charge in [0.2, 0.25) is 0 Å². The maximum atomic E-state index is 12.8. The van der Waals surface area contributed by atoms with Crippen molar-refractivity contribution in [3.8, 4) is 11.5 Å². The number of allylic oxidation sites excluding steroid dienone is 1. The number of hydrogen-bond acceptors (Lipinski definition) is 5. The zero-order chi connectivity index (χ0) is 21.5. The summed E-state index contributed by atoms with van der Waals surface area (Å²) in [5, 5.41) is 5.55. The monoisotopic (exact) mass is 410 g/mol. The van der Waals surface area contributed by atoms with Gasteiger partial charge in [0, 0.05) is 11.3 Å². The van der Waals surface area contributed by atoms with Gasteiger partial charge in [-0.05, 0) is 25.0 Å². The summed E-state index contributed by atoms with van der Waals surface area (Å²) in [7, 11) is 1.55. The molecule has 30 heavy (non-hydrogen) atoms. The first-order chi connectivity index (χ1) is 14.6. The fraction of sp³-hybridized carbons (Fsp3) is 0.304. The molecule has 0 aromatic heterocycles. The van der Waals surface area contributed by atoms with E-state index in [1.165, 1.54) is 0 Å². The van der Waals surface area contributed by atoms with E-state index < -0.39 is 12.0 Å². The topological polar surface area (TPSA) is 85.9 Å². The third kappa shape index (κ3) is 4.56. The van der Waals surface area contributed by atoms with Gasteiger partial charge in [0.25, 0.3) is 0 Å². The Labute approximate surface area is 176 Å². The van der Waals surface area contributed by atoms with Crippen molar-refractivity contribution in [3.63, 3.8) is 0 Å². The second kappa shape index (κ2) is 9.82. The molecule has 7 heteroatoms. The number of benzene rings is 2. The Kier molecular flexibility index (Phi) is 6.95. The number of hydrogen-bond donors (Lipinski definition) is 2. The number of urea groups is 1. The van der Waals surface area contributed by atoms with Gasteiger partial charge in [-0.2, -0.15) is 0 Å². The zero-order valence-electron chi connectivity index (χ0n) is 17.4. The molecule has 3 rings (SSSR count). The molecular weight excluding hydrogens is 384 g/mol. The number of carbonyl (C=O) groups excluding carboxylic acids is 2. The smallest absolute Gasteiger partial charge is 0.338 e. The van der Waals surface area contributed by atoms with Crippen LogP contribution in [0.1, 0.15) is 37.4 Å². The van der Waals surface area contributed by atoms with E-state index in [2.05, 4.69) is 10.6 Å². The summed E-state index contributed by atoms with van der Waals surface area (Å²) in [6, 6.07) is 14.0. The van der Waals surface area contributed by atoms with Crippen LogP contribution in [0.2, 0.25) is 0 Å². The summed E-state index contributed by atoms with van der Waals surface area (Å²) in [6.07, 6.45) is 0.474. The molecule has 7 nitrogen and oxygen atoms in total. The molecule has 0 saturated heterocycles. The Morgan fingerprint density at radius 3 is 2.50 bits per heavy atom. The zero-order valence-corrected chi connectivity index (χ0v) is 17.4. The maximum absolute atomic E-state index is 12.8. The summed E-state index contributed by atoms with van der Waals surface area (Å²) >= 11 is 0. The molecule has 2 N–H and O–H groups in total. The third-order valence-electron chi connectivity index (χ3n) is 4.77. The van der Waals surface area contributed by atoms with Crippen LogP contribution in [0, 0.1) is 0 Å². The highest BCUT2D eigenvalue weighted by Gasteiger charge is 2.35. The van der Waals surface area contributed by atoms with Crippen LogP contribution in [0.5, 0.6) is 11.5 Å². The fourth-order valence-corrected chi connectivity index (χ4v) is 3.39. The van der Waals surface area contributed by atoms with Crippen molar-refractivity contribution in [2.24, 2.45) is 0 Å². The predicted molar refractivity (Wildman–Crippen MR) is 112 cm³/mol. The molecule has 0 radical (unpaired) electrons. The minimum Gasteiger partial charge on any atom is -0.493 e. The van der Waals surface area contributed by atoms with Crippen molar-refractivity contribution in [1.82, 2.24) is 10.6 Å². The Bertz CT molecular complexity index is 940. The average Bonchev–Trinajstić information content (AvgIpc) is 2.77. The number of methoxy groups -OCH3 is 1. The number of rotatable bonds is 8. The van der Waals surface area contributed by atoms with Crippen LogP contribution in [0.4, 0.5) is 4.79 Å². The first-order valence-corrected chi connectivity index (χ1v) is 9.90. The van der Waals surface area contributed by atoms with Crippen LogP contribution in [0.3, 0.4) is 0 Å². The molecule has 0 bridgehead atoms. The van der Waals surface area contributed by atoms with Crippen LogP contribution in [0.15, 0.2) is 59.8 Å². The molecule has 2 aromatic rings. The van der Waals surface area contributed by atoms with Crippen LogP contribution < -0.4 is 20.1 Å². The summed E-state index contributed by atoms with van der Waals surface area (Å²) < 4.78 is 16.9. The summed E-state index contributed by atoms with van der Waals surface area (Å²) in [4.78, 5) is 25.1. The van der Waals surface area contributed by atoms with Crippen LogP contribution in [0.25, 0.3) is 0 Å². The first kappa shape index (κ1) is 21.2. The van der Waals surface area contributed by atoms with Crippen LogP contribution in [-0.4, -0.2) is 25.7 Å². The third-order valence-corrected chi connectivity index (χ3v) is 4.77. The highest BCUT2D eigenvalue weighted by Crippen LogP contribution is 2.40. The van der Waals surface area contributed by atoms with Gasteiger partial charge >= 0.3 is 12.0 Å². The van der Waals surface area contributed by atoms with Crippen molar-refractivity contribution < 1.29 is 23.8 Å². The van der Waals surface area contributed by atoms with E-state index >= 15 is 0 Å². The highest BCUT2D eigenvalue weighted by atomic mass is 16.5. The van der Waals surface area contributed by atoms with Crippen molar-refractivity contribution in [2.45, 2.75) is 32.9 Å². The van der Waals surface area contributed by atoms with Crippen LogP contribution in [-0.2, 0) is 16.1 Å². The van der Waals surface area contributed by atoms with Crippen molar-refractivity contribution in [2.75, 3.05) is 13.7 Å². The van der Waals surface area contributed by atoms with E-state index in [0.717, 1.165) is 5.56 Å². The minimum atomic E-state index is -0.728. The Morgan fingerprint density at radius 2 is 1.83 bits per heavy atom. The summed E-state index contributed by atoms with van der Waals surface area (Å²) in [5.41, 5.74) is 2.49. The number of amides is 2. The highest BCUT2D eigenvalue weighted by molar-refractivity contribution is 5.95. The number of carbonyl (C=O) groups is 2. The lowest BCUT2D eigenvalue weighted by Gasteiger charge is -2.30. The lowest BCUT2D eigenvalue weighted by molar-refractivity contribution is -0.139. The van der Waals surface area contributed by atoms with E-state index in [0.29, 0.717) is 41.4 Å². The molecule has 1 aliphatic rings. The van der Waals surface area contributed by atoms with Gasteiger partial charge in [0.05, 0.1) is 25.3 Å². The molecular formula is C23H26N2O5. The number of para-hydroxylation sites is 1. The molecule has 1 aliphatic heterocycles. The van der Waals surface area contributed by atoms with Crippen molar-refractivity contribution in [3.05, 3.63) is 70.9 Å². The van der Waals surface area contributed by atoms with Crippen LogP contribution >= 0.6 is 0 Å². The number of esters is 1. The van der Waals surface area contributed by atoms with E-state index in [1.54, 1.807) is 26.2 Å². The Hall–Kier alpha value is -3.48. The molecule has 1 heterocycles. The van der Waals surface area contributed by atoms with Gasteiger partial charge in [-0.1, -0.05) is 49.4 Å². The summed E-state index contributed by atoms with van der Waals surface area (Å²) in [6.45, 7) is 4.16. The quantitative estimate of drug-likeness (QED) is 0.646. The lowest BCUT2D eigenvalue weighted by Crippen LogP contribution is -2.46. The minimum absolute atomic E-state index is 0.232. The molecule has 2 amide bonds. The normalized spacial score (nSPS) is 15.8. The maximum Gasteiger partial charge on any atom is 0.338 e. The Morgan fingerprint density at radius 1 is 1.07 bits per heavy atom. The van der Waals surface area contributed by atoms with Gasteiger partial charge in [-0.25, -0.2) is 9.59 Å². The van der Waals surface area contributed by atoms with Gasteiger partial charge < -0.3 is 24.8 Å². The predicted octanol–water partition coefficient (Wildman–Crippen LogP) is 3.86.